The Morgan fingerprint density at radius 1 is 0.690 bits per heavy atom. The molecule has 0 saturated heterocycles. The van der Waals surface area contributed by atoms with Gasteiger partial charge >= 0.3 is 0 Å². The van der Waals surface area contributed by atoms with Crippen LogP contribution in [0.4, 0.5) is 5.69 Å². The van der Waals surface area contributed by atoms with E-state index >= 15 is 0 Å². The molecule has 0 bridgehead atoms. The third kappa shape index (κ3) is 5.92. The second kappa shape index (κ2) is 9.89. The first-order chi connectivity index (χ1) is 13.9. The molecule has 0 aliphatic rings. The van der Waals surface area contributed by atoms with Gasteiger partial charge in [-0.15, -0.1) is 0 Å². The van der Waals surface area contributed by atoms with Gasteiger partial charge in [0.05, 0.1) is 25.8 Å². The molecule has 0 amide bonds. The molecule has 7 heteroatoms. The van der Waals surface area contributed by atoms with Crippen molar-refractivity contribution in [3.63, 3.8) is 0 Å². The van der Waals surface area contributed by atoms with Gasteiger partial charge in [0, 0.05) is 11.6 Å². The second-order valence-electron chi connectivity index (χ2n) is 6.10. The van der Waals surface area contributed by atoms with Gasteiger partial charge in [-0.05, 0) is 23.3 Å². The average molecular weight is 483 g/mol. The van der Waals surface area contributed by atoms with Gasteiger partial charge in [0.25, 0.3) is 0 Å². The molecule has 3 rings (SSSR count). The highest BCUT2D eigenvalue weighted by atomic mass is 35.5. The quantitative estimate of drug-likeness (QED) is 0.355. The molecule has 0 aliphatic carbocycles. The van der Waals surface area contributed by atoms with Crippen molar-refractivity contribution in [3.8, 4) is 0 Å². The van der Waals surface area contributed by atoms with Gasteiger partial charge in [0.15, 0.2) is 0 Å². The van der Waals surface area contributed by atoms with Gasteiger partial charge in [-0.1, -0.05) is 113 Å². The van der Waals surface area contributed by atoms with Crippen LogP contribution in [-0.4, -0.2) is 0 Å². The molecule has 0 unspecified atom stereocenters. The zero-order chi connectivity index (χ0) is 20.9. The summed E-state index contributed by atoms with van der Waals surface area (Å²) in [4.78, 5) is 0. The van der Waals surface area contributed by atoms with Crippen LogP contribution >= 0.6 is 53.7 Å². The molecule has 0 atom stereocenters. The van der Waals surface area contributed by atoms with E-state index in [2.05, 4.69) is 5.09 Å². The molecular weight excluding hydrogens is 467 g/mol. The third-order valence-electron chi connectivity index (χ3n) is 3.96. The van der Waals surface area contributed by atoms with E-state index in [4.69, 9.17) is 46.4 Å². The predicted octanol–water partition coefficient (Wildman–Crippen LogP) is 9.16. The molecule has 3 aromatic rings. The molecular formula is C22H16Cl4NOP. The molecule has 0 radical (unpaired) electrons. The maximum absolute atomic E-state index is 13.9. The van der Waals surface area contributed by atoms with E-state index < -0.39 is 7.29 Å². The minimum Gasteiger partial charge on any atom is -0.328 e. The number of para-hydroxylation sites is 1. The summed E-state index contributed by atoms with van der Waals surface area (Å²) in [6.07, 6.45) is 0. The van der Waals surface area contributed by atoms with Gasteiger partial charge in [-0.3, -0.25) is 4.57 Å². The fourth-order valence-electron chi connectivity index (χ4n) is 2.56. The van der Waals surface area contributed by atoms with Crippen molar-refractivity contribution in [2.24, 2.45) is 0 Å². The molecule has 0 spiro atoms. The van der Waals surface area contributed by atoms with E-state index in [1.54, 1.807) is 18.2 Å². The Morgan fingerprint density at radius 3 is 1.52 bits per heavy atom. The highest BCUT2D eigenvalue weighted by molar-refractivity contribution is 7.72. The Bertz CT molecular complexity index is 1020. The SMILES string of the molecule is O=P(/C=C(\Cl)c1ccccc1)(/C=C(\Cl)c1ccccc1)Nc1c(Cl)cccc1Cl. The van der Waals surface area contributed by atoms with Gasteiger partial charge in [-0.2, -0.15) is 0 Å². The Kier molecular flexibility index (Phi) is 7.51. The number of halogens is 4. The Labute approximate surface area is 190 Å². The van der Waals surface area contributed by atoms with E-state index in [0.29, 0.717) is 25.8 Å². The van der Waals surface area contributed by atoms with Crippen molar-refractivity contribution in [2.45, 2.75) is 0 Å². The lowest BCUT2D eigenvalue weighted by Gasteiger charge is -2.18. The van der Waals surface area contributed by atoms with Gasteiger partial charge < -0.3 is 5.09 Å². The number of nitrogens with one attached hydrogen (secondary N) is 1. The smallest absolute Gasteiger partial charge is 0.216 e. The first-order valence-electron chi connectivity index (χ1n) is 8.57. The van der Waals surface area contributed by atoms with Crippen molar-refractivity contribution in [2.75, 3.05) is 5.09 Å². The molecule has 0 aliphatic heterocycles. The van der Waals surface area contributed by atoms with Crippen LogP contribution in [0.25, 0.3) is 10.1 Å². The normalized spacial score (nSPS) is 12.7. The second-order valence-corrected chi connectivity index (χ2v) is 9.89. The van der Waals surface area contributed by atoms with E-state index in [1.165, 1.54) is 11.6 Å². The van der Waals surface area contributed by atoms with Crippen LogP contribution in [0.5, 0.6) is 0 Å². The standard InChI is InChI=1S/C22H16Cl4NOP/c23-18-12-7-13-19(24)22(18)27-29(28,14-20(25)16-8-3-1-4-9-16)15-21(26)17-10-5-2-6-11-17/h1-15H,(H,27,28)/b20-14-,21-15-. The van der Waals surface area contributed by atoms with Crippen LogP contribution in [0.2, 0.25) is 10.0 Å². The van der Waals surface area contributed by atoms with Crippen molar-refractivity contribution >= 4 is 69.4 Å². The topological polar surface area (TPSA) is 29.1 Å². The molecule has 0 fully saturated rings. The molecule has 29 heavy (non-hydrogen) atoms. The highest BCUT2D eigenvalue weighted by Gasteiger charge is 2.22. The average Bonchev–Trinajstić information content (AvgIpc) is 2.72. The largest absolute Gasteiger partial charge is 0.328 e. The van der Waals surface area contributed by atoms with E-state index in [-0.39, 0.29) is 0 Å². The molecule has 0 aromatic heterocycles. The summed E-state index contributed by atoms with van der Waals surface area (Å²) < 4.78 is 13.9. The summed E-state index contributed by atoms with van der Waals surface area (Å²) in [5.74, 6) is 2.91. The Balaban J connectivity index is 2.09. The Hall–Kier alpha value is -1.67. The van der Waals surface area contributed by atoms with Gasteiger partial charge in [-0.25, -0.2) is 0 Å². The summed E-state index contributed by atoms with van der Waals surface area (Å²) >= 11 is 25.5. The minimum atomic E-state index is -3.45. The van der Waals surface area contributed by atoms with Crippen molar-refractivity contribution < 1.29 is 4.57 Å². The minimum absolute atomic E-state index is 0.318. The summed E-state index contributed by atoms with van der Waals surface area (Å²) in [5, 5.41) is 4.28. The zero-order valence-electron chi connectivity index (χ0n) is 15.0. The van der Waals surface area contributed by atoms with Crippen LogP contribution in [0, 0.1) is 0 Å². The number of hydrogen-bond acceptors (Lipinski definition) is 1. The summed E-state index contributed by atoms with van der Waals surface area (Å²) in [6, 6.07) is 23.5. The van der Waals surface area contributed by atoms with Gasteiger partial charge in [0.1, 0.15) is 0 Å². The van der Waals surface area contributed by atoms with Crippen molar-refractivity contribution in [1.29, 1.82) is 0 Å². The Morgan fingerprint density at radius 2 is 1.10 bits per heavy atom. The summed E-state index contributed by atoms with van der Waals surface area (Å²) in [6.45, 7) is 0. The van der Waals surface area contributed by atoms with Crippen LogP contribution < -0.4 is 5.09 Å². The lowest BCUT2D eigenvalue weighted by Crippen LogP contribution is -1.96. The zero-order valence-corrected chi connectivity index (χ0v) is 18.9. The number of rotatable bonds is 6. The molecule has 1 N–H and O–H groups in total. The summed E-state index contributed by atoms with van der Waals surface area (Å²) in [7, 11) is -3.45. The monoisotopic (exact) mass is 481 g/mol. The molecule has 2 nitrogen and oxygen atoms in total. The molecule has 0 saturated carbocycles. The van der Waals surface area contributed by atoms with Crippen LogP contribution in [0.3, 0.4) is 0 Å². The highest BCUT2D eigenvalue weighted by Crippen LogP contribution is 2.55. The van der Waals surface area contributed by atoms with Gasteiger partial charge in [0.2, 0.25) is 7.29 Å². The summed E-state index contributed by atoms with van der Waals surface area (Å²) in [5.41, 5.74) is 1.80. The lowest BCUT2D eigenvalue weighted by atomic mass is 10.2. The lowest BCUT2D eigenvalue weighted by molar-refractivity contribution is 0.589. The predicted molar refractivity (Wildman–Crippen MR) is 128 cm³/mol. The first kappa shape index (κ1) is 22.0. The number of hydrogen-bond donors (Lipinski definition) is 1. The van der Waals surface area contributed by atoms with Crippen LogP contribution in [0.1, 0.15) is 11.1 Å². The molecule has 0 heterocycles. The van der Waals surface area contributed by atoms with E-state index in [1.807, 2.05) is 60.7 Å². The number of anilines is 1. The molecule has 3 aromatic carbocycles. The molecule has 148 valence electrons. The van der Waals surface area contributed by atoms with Crippen molar-refractivity contribution in [3.05, 3.63) is 112 Å². The van der Waals surface area contributed by atoms with E-state index in [9.17, 15) is 4.57 Å². The van der Waals surface area contributed by atoms with E-state index in [0.717, 1.165) is 11.1 Å². The van der Waals surface area contributed by atoms with Crippen LogP contribution in [0.15, 0.2) is 90.5 Å². The third-order valence-corrected chi connectivity index (χ3v) is 7.40. The maximum atomic E-state index is 13.9. The van der Waals surface area contributed by atoms with Crippen LogP contribution in [-0.2, 0) is 4.57 Å². The fourth-order valence-corrected chi connectivity index (χ4v) is 6.07. The fraction of sp³-hybridized carbons (Fsp3) is 0. The first-order valence-corrected chi connectivity index (χ1v) is 11.9. The maximum Gasteiger partial charge on any atom is 0.216 e. The number of benzene rings is 3. The van der Waals surface area contributed by atoms with Crippen molar-refractivity contribution in [1.82, 2.24) is 0 Å².